The van der Waals surface area contributed by atoms with Gasteiger partial charge in [-0.15, -0.1) is 0 Å². The van der Waals surface area contributed by atoms with Gasteiger partial charge in [0.25, 0.3) is 0 Å². The Hall–Kier alpha value is -0.0400. The van der Waals surface area contributed by atoms with Gasteiger partial charge in [0.2, 0.25) is 0 Å². The first kappa shape index (κ1) is 12.4. The molecule has 0 unspecified atom stereocenters. The molecular formula is C15H28O. The van der Waals surface area contributed by atoms with Gasteiger partial charge in [-0.25, -0.2) is 0 Å². The summed E-state index contributed by atoms with van der Waals surface area (Å²) in [4.78, 5) is 0. The zero-order valence-corrected chi connectivity index (χ0v) is 10.9. The molecule has 2 saturated carbocycles. The average molecular weight is 224 g/mol. The Morgan fingerprint density at radius 1 is 0.938 bits per heavy atom. The minimum atomic E-state index is -0.292. The first-order valence-electron chi connectivity index (χ1n) is 7.46. The van der Waals surface area contributed by atoms with Crippen LogP contribution in [0.25, 0.3) is 0 Å². The number of aliphatic hydroxyl groups is 1. The first-order chi connectivity index (χ1) is 7.73. The number of hydrogen-bond acceptors (Lipinski definition) is 1. The van der Waals surface area contributed by atoms with Crippen molar-refractivity contribution in [1.82, 2.24) is 0 Å². The van der Waals surface area contributed by atoms with E-state index in [9.17, 15) is 5.11 Å². The van der Waals surface area contributed by atoms with Crippen molar-refractivity contribution in [3.63, 3.8) is 0 Å². The molecule has 0 aliphatic heterocycles. The van der Waals surface area contributed by atoms with E-state index in [4.69, 9.17) is 0 Å². The van der Waals surface area contributed by atoms with Crippen molar-refractivity contribution in [3.05, 3.63) is 0 Å². The van der Waals surface area contributed by atoms with E-state index in [1.54, 1.807) is 0 Å². The molecule has 0 radical (unpaired) electrons. The lowest BCUT2D eigenvalue weighted by Crippen LogP contribution is -2.36. The third-order valence-corrected chi connectivity index (χ3v) is 4.99. The second-order valence-electron chi connectivity index (χ2n) is 6.21. The summed E-state index contributed by atoms with van der Waals surface area (Å²) in [5, 5.41) is 10.4. The molecule has 94 valence electrons. The number of rotatable bonds is 3. The Bertz CT molecular complexity index is 197. The highest BCUT2D eigenvalue weighted by molar-refractivity contribution is 4.87. The van der Waals surface area contributed by atoms with Crippen molar-refractivity contribution in [1.29, 1.82) is 0 Å². The Morgan fingerprint density at radius 3 is 2.06 bits per heavy atom. The van der Waals surface area contributed by atoms with E-state index in [0.29, 0.717) is 0 Å². The van der Waals surface area contributed by atoms with Crippen LogP contribution in [0, 0.1) is 11.8 Å². The van der Waals surface area contributed by atoms with E-state index in [-0.39, 0.29) is 5.60 Å². The summed E-state index contributed by atoms with van der Waals surface area (Å²) in [7, 11) is 0. The van der Waals surface area contributed by atoms with E-state index >= 15 is 0 Å². The van der Waals surface area contributed by atoms with Crippen molar-refractivity contribution in [2.45, 2.75) is 83.2 Å². The second kappa shape index (κ2) is 5.53. The summed E-state index contributed by atoms with van der Waals surface area (Å²) in [6, 6.07) is 0. The maximum Gasteiger partial charge on any atom is 0.0648 e. The predicted molar refractivity (Wildman–Crippen MR) is 68.4 cm³/mol. The normalized spacial score (nSPS) is 37.5. The first-order valence-corrected chi connectivity index (χ1v) is 7.46. The lowest BCUT2D eigenvalue weighted by Gasteiger charge is -2.40. The molecule has 1 nitrogen and oxygen atoms in total. The van der Waals surface area contributed by atoms with Crippen LogP contribution in [-0.4, -0.2) is 10.7 Å². The standard InChI is InChI=1S/C15H28O/c1-2-10-15(16)11-8-14(9-12-15)13-6-4-3-5-7-13/h13-14,16H,2-12H2,1H3. The fraction of sp³-hybridized carbons (Fsp3) is 1.00. The third-order valence-electron chi connectivity index (χ3n) is 4.99. The van der Waals surface area contributed by atoms with Gasteiger partial charge < -0.3 is 5.11 Å². The van der Waals surface area contributed by atoms with Crippen LogP contribution >= 0.6 is 0 Å². The highest BCUT2D eigenvalue weighted by Crippen LogP contribution is 2.42. The Balaban J connectivity index is 1.79. The van der Waals surface area contributed by atoms with E-state index in [2.05, 4.69) is 6.92 Å². The summed E-state index contributed by atoms with van der Waals surface area (Å²) >= 11 is 0. The molecule has 2 fully saturated rings. The van der Waals surface area contributed by atoms with Gasteiger partial charge in [0.15, 0.2) is 0 Å². The molecule has 1 heteroatoms. The van der Waals surface area contributed by atoms with E-state index < -0.39 is 0 Å². The number of hydrogen-bond donors (Lipinski definition) is 1. The molecule has 0 aromatic heterocycles. The average Bonchev–Trinajstić information content (AvgIpc) is 2.31. The fourth-order valence-electron chi connectivity index (χ4n) is 3.97. The maximum absolute atomic E-state index is 10.4. The molecule has 16 heavy (non-hydrogen) atoms. The van der Waals surface area contributed by atoms with E-state index in [0.717, 1.165) is 37.5 Å². The molecule has 0 saturated heterocycles. The predicted octanol–water partition coefficient (Wildman–Crippen LogP) is 4.29. The van der Waals surface area contributed by atoms with Crippen molar-refractivity contribution in [2.75, 3.05) is 0 Å². The van der Waals surface area contributed by atoms with Gasteiger partial charge in [-0.05, 0) is 43.9 Å². The van der Waals surface area contributed by atoms with Crippen LogP contribution in [0.5, 0.6) is 0 Å². The minimum absolute atomic E-state index is 0.292. The van der Waals surface area contributed by atoms with Crippen molar-refractivity contribution in [3.8, 4) is 0 Å². The highest BCUT2D eigenvalue weighted by atomic mass is 16.3. The summed E-state index contributed by atoms with van der Waals surface area (Å²) in [6.45, 7) is 2.19. The lowest BCUT2D eigenvalue weighted by atomic mass is 9.69. The van der Waals surface area contributed by atoms with Crippen LogP contribution in [0.15, 0.2) is 0 Å². The Labute approximate surface area is 101 Å². The quantitative estimate of drug-likeness (QED) is 0.758. The second-order valence-corrected chi connectivity index (χ2v) is 6.21. The molecule has 0 spiro atoms. The molecule has 0 amide bonds. The molecule has 0 aromatic carbocycles. The fourth-order valence-corrected chi connectivity index (χ4v) is 3.97. The van der Waals surface area contributed by atoms with Gasteiger partial charge in [-0.3, -0.25) is 0 Å². The van der Waals surface area contributed by atoms with Crippen molar-refractivity contribution >= 4 is 0 Å². The highest BCUT2D eigenvalue weighted by Gasteiger charge is 2.35. The molecule has 0 heterocycles. The van der Waals surface area contributed by atoms with Crippen LogP contribution in [0.4, 0.5) is 0 Å². The minimum Gasteiger partial charge on any atom is -0.390 e. The monoisotopic (exact) mass is 224 g/mol. The maximum atomic E-state index is 10.4. The van der Waals surface area contributed by atoms with Gasteiger partial charge in [-0.2, -0.15) is 0 Å². The van der Waals surface area contributed by atoms with Gasteiger partial charge >= 0.3 is 0 Å². The molecule has 0 aromatic rings. The zero-order valence-electron chi connectivity index (χ0n) is 10.9. The Morgan fingerprint density at radius 2 is 1.50 bits per heavy atom. The van der Waals surface area contributed by atoms with Gasteiger partial charge in [0.05, 0.1) is 5.60 Å². The van der Waals surface area contributed by atoms with Crippen LogP contribution in [0.2, 0.25) is 0 Å². The topological polar surface area (TPSA) is 20.2 Å². The van der Waals surface area contributed by atoms with Gasteiger partial charge in [0, 0.05) is 0 Å². The zero-order chi connectivity index (χ0) is 11.4. The summed E-state index contributed by atoms with van der Waals surface area (Å²) in [5.74, 6) is 1.94. The molecule has 2 rings (SSSR count). The summed E-state index contributed by atoms with van der Waals surface area (Å²) in [6.07, 6.45) is 14.2. The summed E-state index contributed by atoms with van der Waals surface area (Å²) in [5.41, 5.74) is -0.292. The molecule has 0 bridgehead atoms. The largest absolute Gasteiger partial charge is 0.390 e. The molecule has 2 aliphatic rings. The Kier molecular flexibility index (Phi) is 4.29. The molecule has 1 N–H and O–H groups in total. The lowest BCUT2D eigenvalue weighted by molar-refractivity contribution is -0.0269. The smallest absolute Gasteiger partial charge is 0.0648 e. The van der Waals surface area contributed by atoms with Gasteiger partial charge in [0.1, 0.15) is 0 Å². The third kappa shape index (κ3) is 3.00. The summed E-state index contributed by atoms with van der Waals surface area (Å²) < 4.78 is 0. The van der Waals surface area contributed by atoms with Crippen LogP contribution in [-0.2, 0) is 0 Å². The molecule has 0 atom stereocenters. The van der Waals surface area contributed by atoms with Crippen LogP contribution in [0.1, 0.15) is 77.6 Å². The SMILES string of the molecule is CCCC1(O)CCC(C2CCCCC2)CC1. The van der Waals surface area contributed by atoms with Crippen LogP contribution < -0.4 is 0 Å². The van der Waals surface area contributed by atoms with Crippen molar-refractivity contribution < 1.29 is 5.11 Å². The molecule has 2 aliphatic carbocycles. The van der Waals surface area contributed by atoms with E-state index in [1.165, 1.54) is 44.9 Å². The molecular weight excluding hydrogens is 196 g/mol. The van der Waals surface area contributed by atoms with Crippen LogP contribution in [0.3, 0.4) is 0 Å². The van der Waals surface area contributed by atoms with E-state index in [1.807, 2.05) is 0 Å². The van der Waals surface area contributed by atoms with Gasteiger partial charge in [-0.1, -0.05) is 45.4 Å². The van der Waals surface area contributed by atoms with Crippen molar-refractivity contribution in [2.24, 2.45) is 11.8 Å².